The van der Waals surface area contributed by atoms with Gasteiger partial charge >= 0.3 is 5.97 Å². The van der Waals surface area contributed by atoms with Gasteiger partial charge in [-0.15, -0.1) is 0 Å². The quantitative estimate of drug-likeness (QED) is 0.531. The molecular formula is C11H19BrO3. The van der Waals surface area contributed by atoms with E-state index in [0.29, 0.717) is 24.7 Å². The molecule has 88 valence electrons. The minimum absolute atomic E-state index is 0.165. The molecule has 4 heteroatoms. The lowest BCUT2D eigenvalue weighted by Crippen LogP contribution is -2.14. The molecular weight excluding hydrogens is 260 g/mol. The molecule has 0 aliphatic heterocycles. The molecule has 0 aliphatic carbocycles. The summed E-state index contributed by atoms with van der Waals surface area (Å²) in [5, 5.41) is 0.184. The Kier molecular flexibility index (Phi) is 7.65. The smallest absolute Gasteiger partial charge is 0.316 e. The topological polar surface area (TPSA) is 43.4 Å². The molecule has 0 saturated carbocycles. The summed E-state index contributed by atoms with van der Waals surface area (Å²) in [4.78, 5) is 22.2. The van der Waals surface area contributed by atoms with E-state index in [0.717, 1.165) is 0 Å². The van der Waals surface area contributed by atoms with Gasteiger partial charge in [-0.1, -0.05) is 36.7 Å². The molecule has 0 aromatic rings. The fourth-order valence-electron chi connectivity index (χ4n) is 1.01. The molecule has 0 aromatic heterocycles. The van der Waals surface area contributed by atoms with Gasteiger partial charge in [0.15, 0.2) is 0 Å². The minimum Gasteiger partial charge on any atom is -0.465 e. The maximum absolute atomic E-state index is 11.4. The largest absolute Gasteiger partial charge is 0.465 e. The Morgan fingerprint density at radius 3 is 2.33 bits per heavy atom. The molecule has 0 aromatic carbocycles. The summed E-state index contributed by atoms with van der Waals surface area (Å²) in [6.45, 7) is 6.47. The zero-order valence-electron chi connectivity index (χ0n) is 9.59. The summed E-state index contributed by atoms with van der Waals surface area (Å²) in [5.74, 6) is 0.752. The van der Waals surface area contributed by atoms with Crippen LogP contribution in [0.15, 0.2) is 0 Å². The highest BCUT2D eigenvalue weighted by atomic mass is 79.9. The molecule has 0 rings (SSSR count). The highest BCUT2D eigenvalue weighted by Crippen LogP contribution is 2.14. The van der Waals surface area contributed by atoms with Gasteiger partial charge in [0, 0.05) is 12.8 Å². The number of halogens is 1. The molecule has 0 aliphatic rings. The minimum atomic E-state index is -0.320. The number of ether oxygens (including phenoxy) is 1. The van der Waals surface area contributed by atoms with E-state index < -0.39 is 0 Å². The van der Waals surface area contributed by atoms with Crippen LogP contribution in [0.2, 0.25) is 0 Å². The van der Waals surface area contributed by atoms with Crippen molar-refractivity contribution in [3.05, 3.63) is 0 Å². The zero-order chi connectivity index (χ0) is 11.8. The van der Waals surface area contributed by atoms with Gasteiger partial charge in [0.2, 0.25) is 0 Å². The van der Waals surface area contributed by atoms with Crippen molar-refractivity contribution in [1.82, 2.24) is 0 Å². The second-order valence-electron chi connectivity index (χ2n) is 4.07. The molecule has 3 nitrogen and oxygen atoms in total. The first-order valence-electron chi connectivity index (χ1n) is 5.20. The first-order valence-corrected chi connectivity index (χ1v) is 6.32. The van der Waals surface area contributed by atoms with Gasteiger partial charge < -0.3 is 4.74 Å². The Morgan fingerprint density at radius 1 is 1.27 bits per heavy atom. The molecule has 0 fully saturated rings. The van der Waals surface area contributed by atoms with Crippen molar-refractivity contribution < 1.29 is 14.3 Å². The van der Waals surface area contributed by atoms with Crippen molar-refractivity contribution in [1.29, 1.82) is 0 Å². The Hall–Kier alpha value is -0.380. The van der Waals surface area contributed by atoms with Crippen LogP contribution in [-0.2, 0) is 14.3 Å². The van der Waals surface area contributed by atoms with E-state index in [1.165, 1.54) is 0 Å². The number of Topliss-reactive ketones (excluding diaryl/α,β-unsaturated/α-hetero) is 1. The van der Waals surface area contributed by atoms with E-state index in [9.17, 15) is 9.59 Å². The van der Waals surface area contributed by atoms with E-state index in [4.69, 9.17) is 4.74 Å². The number of esters is 1. The van der Waals surface area contributed by atoms with E-state index >= 15 is 0 Å². The predicted octanol–water partition coefficient (Wildman–Crippen LogP) is 2.57. The summed E-state index contributed by atoms with van der Waals surface area (Å²) < 4.78 is 4.80. The maximum Gasteiger partial charge on any atom is 0.316 e. The molecule has 0 bridgehead atoms. The van der Waals surface area contributed by atoms with Crippen molar-refractivity contribution >= 4 is 27.7 Å². The standard InChI is InChI=1S/C11H19BrO3/c1-8(2)9(3)6-10(13)4-5-15-11(14)7-12/h8-9H,4-7H2,1-3H3. The van der Waals surface area contributed by atoms with Crippen molar-refractivity contribution in [3.8, 4) is 0 Å². The van der Waals surface area contributed by atoms with Gasteiger partial charge in [-0.3, -0.25) is 9.59 Å². The fourth-order valence-corrected chi connectivity index (χ4v) is 1.18. The number of hydrogen-bond donors (Lipinski definition) is 0. The summed E-state index contributed by atoms with van der Waals surface area (Å²) in [6.07, 6.45) is 0.902. The molecule has 0 amide bonds. The maximum atomic E-state index is 11.4. The number of carbonyl (C=O) groups excluding carboxylic acids is 2. The fraction of sp³-hybridized carbons (Fsp3) is 0.818. The van der Waals surface area contributed by atoms with Crippen LogP contribution in [0.5, 0.6) is 0 Å². The normalized spacial score (nSPS) is 12.6. The Morgan fingerprint density at radius 2 is 1.87 bits per heavy atom. The molecule has 0 N–H and O–H groups in total. The first kappa shape index (κ1) is 14.6. The number of hydrogen-bond acceptors (Lipinski definition) is 3. The second-order valence-corrected chi connectivity index (χ2v) is 4.63. The van der Waals surface area contributed by atoms with Gasteiger partial charge in [-0.05, 0) is 11.8 Å². The Labute approximate surface area is 99.7 Å². The van der Waals surface area contributed by atoms with Gasteiger partial charge in [0.05, 0.1) is 6.61 Å². The molecule has 0 saturated heterocycles. The highest BCUT2D eigenvalue weighted by molar-refractivity contribution is 9.09. The van der Waals surface area contributed by atoms with Crippen molar-refractivity contribution in [2.75, 3.05) is 11.9 Å². The van der Waals surface area contributed by atoms with Crippen LogP contribution in [0.25, 0.3) is 0 Å². The van der Waals surface area contributed by atoms with Crippen LogP contribution in [0, 0.1) is 11.8 Å². The second kappa shape index (κ2) is 7.85. The van der Waals surface area contributed by atoms with Crippen molar-refractivity contribution in [3.63, 3.8) is 0 Å². The summed E-state index contributed by atoms with van der Waals surface area (Å²) in [7, 11) is 0. The molecule has 15 heavy (non-hydrogen) atoms. The molecule has 0 radical (unpaired) electrons. The molecule has 0 spiro atoms. The van der Waals surface area contributed by atoms with Crippen LogP contribution in [0.3, 0.4) is 0 Å². The lowest BCUT2D eigenvalue weighted by molar-refractivity contribution is -0.141. The molecule has 0 heterocycles. The van der Waals surface area contributed by atoms with Gasteiger partial charge in [-0.2, -0.15) is 0 Å². The number of carbonyl (C=O) groups is 2. The lowest BCUT2D eigenvalue weighted by atomic mass is 9.92. The van der Waals surface area contributed by atoms with Gasteiger partial charge in [0.25, 0.3) is 0 Å². The SMILES string of the molecule is CC(C)C(C)CC(=O)CCOC(=O)CBr. The van der Waals surface area contributed by atoms with Crippen LogP contribution < -0.4 is 0 Å². The lowest BCUT2D eigenvalue weighted by Gasteiger charge is -2.13. The Balaban J connectivity index is 3.62. The van der Waals surface area contributed by atoms with Crippen LogP contribution in [0.4, 0.5) is 0 Å². The van der Waals surface area contributed by atoms with Crippen LogP contribution in [-0.4, -0.2) is 23.7 Å². The first-order chi connectivity index (χ1) is 6.97. The average Bonchev–Trinajstić information content (AvgIpc) is 2.17. The van der Waals surface area contributed by atoms with Crippen molar-refractivity contribution in [2.24, 2.45) is 11.8 Å². The summed E-state index contributed by atoms with van der Waals surface area (Å²) in [5.41, 5.74) is 0. The summed E-state index contributed by atoms with van der Waals surface area (Å²) >= 11 is 2.98. The van der Waals surface area contributed by atoms with E-state index in [-0.39, 0.29) is 23.7 Å². The van der Waals surface area contributed by atoms with E-state index in [1.807, 2.05) is 0 Å². The van der Waals surface area contributed by atoms with Crippen molar-refractivity contribution in [2.45, 2.75) is 33.6 Å². The van der Waals surface area contributed by atoms with E-state index in [2.05, 4.69) is 36.7 Å². The summed E-state index contributed by atoms with van der Waals surface area (Å²) in [6, 6.07) is 0. The third-order valence-electron chi connectivity index (χ3n) is 2.44. The predicted molar refractivity (Wildman–Crippen MR) is 63.0 cm³/mol. The number of rotatable bonds is 7. The van der Waals surface area contributed by atoms with Crippen LogP contribution >= 0.6 is 15.9 Å². The van der Waals surface area contributed by atoms with Gasteiger partial charge in [-0.25, -0.2) is 0 Å². The monoisotopic (exact) mass is 278 g/mol. The third-order valence-corrected chi connectivity index (χ3v) is 2.90. The molecule has 1 unspecified atom stereocenters. The zero-order valence-corrected chi connectivity index (χ0v) is 11.2. The number of alkyl halides is 1. The Bertz CT molecular complexity index is 214. The third kappa shape index (κ3) is 7.54. The molecule has 1 atom stereocenters. The number of ketones is 1. The highest BCUT2D eigenvalue weighted by Gasteiger charge is 2.12. The van der Waals surface area contributed by atoms with Crippen LogP contribution in [0.1, 0.15) is 33.6 Å². The average molecular weight is 279 g/mol. The van der Waals surface area contributed by atoms with Gasteiger partial charge in [0.1, 0.15) is 11.1 Å². The van der Waals surface area contributed by atoms with E-state index in [1.54, 1.807) is 0 Å².